The minimum atomic E-state index is -0.655. The van der Waals surface area contributed by atoms with Gasteiger partial charge < -0.3 is 7.58 Å². The fraction of sp³-hybridized carbons (Fsp3) is 0.0714. The maximum Gasteiger partial charge on any atom is 0.881 e. The number of fused-ring (bicyclic) bond motifs is 1. The summed E-state index contributed by atoms with van der Waals surface area (Å²) in [6.07, 6.45) is 1.56. The van der Waals surface area contributed by atoms with Crippen molar-refractivity contribution in [3.63, 3.8) is 0 Å². The van der Waals surface area contributed by atoms with Gasteiger partial charge in [0.05, 0.1) is 5.76 Å². The summed E-state index contributed by atoms with van der Waals surface area (Å²) in [4.78, 5) is 4.48. The Morgan fingerprint density at radius 3 is 2.94 bits per heavy atom. The van der Waals surface area contributed by atoms with Crippen LogP contribution in [0.25, 0.3) is 10.9 Å². The van der Waals surface area contributed by atoms with Gasteiger partial charge in [0.25, 0.3) is 0 Å². The lowest BCUT2D eigenvalue weighted by molar-refractivity contribution is 0.391. The van der Waals surface area contributed by atoms with Crippen LogP contribution in [0.3, 0.4) is 0 Å². The second-order valence-corrected chi connectivity index (χ2v) is 4.45. The lowest BCUT2D eigenvalue weighted by Crippen LogP contribution is -2.07. The molecule has 4 heteroatoms. The smallest absolute Gasteiger partial charge is 0.616 e. The molecule has 0 N–H and O–H groups in total. The van der Waals surface area contributed by atoms with E-state index in [-0.39, 0.29) is 0 Å². The molecule has 3 nitrogen and oxygen atoms in total. The van der Waals surface area contributed by atoms with Gasteiger partial charge >= 0.3 is 15.9 Å². The number of benzene rings is 1. The Morgan fingerprint density at radius 1 is 1.33 bits per heavy atom. The highest BCUT2D eigenvalue weighted by molar-refractivity contribution is 6.20. The molecule has 1 heterocycles. The lowest BCUT2D eigenvalue weighted by Gasteiger charge is -2.10. The first-order chi connectivity index (χ1) is 8.70. The first-order valence-corrected chi connectivity index (χ1v) is 6.47. The van der Waals surface area contributed by atoms with Crippen LogP contribution in [-0.2, 0) is 3.79 Å². The molecule has 89 valence electrons. The minimum Gasteiger partial charge on any atom is -0.616 e. The summed E-state index contributed by atoms with van der Waals surface area (Å²) in [5, 5.41) is 1.06. The average molecular weight is 254 g/mol. The second kappa shape index (κ2) is 5.72. The summed E-state index contributed by atoms with van der Waals surface area (Å²) >= 11 is -0.655. The van der Waals surface area contributed by atoms with E-state index in [2.05, 4.69) is 18.1 Å². The molecule has 18 heavy (non-hydrogen) atoms. The highest BCUT2D eigenvalue weighted by Gasteiger charge is 2.09. The number of nitrogens with zero attached hydrogens (tertiary/aromatic N) is 1. The molecule has 2 aromatic rings. The van der Waals surface area contributed by atoms with Gasteiger partial charge in [0.2, 0.25) is 0 Å². The fourth-order valence-electron chi connectivity index (χ4n) is 1.50. The van der Waals surface area contributed by atoms with Crippen molar-refractivity contribution in [2.24, 2.45) is 0 Å². The molecule has 0 aliphatic heterocycles. The zero-order chi connectivity index (χ0) is 13.0. The normalized spacial score (nSPS) is 9.83. The van der Waals surface area contributed by atoms with Crippen LogP contribution in [0.5, 0.6) is 5.75 Å². The Hall–Kier alpha value is -1.76. The number of allylic oxidation sites excluding steroid dienone is 1. The van der Waals surface area contributed by atoms with Gasteiger partial charge in [-0.3, -0.25) is 0 Å². The molecule has 2 rings (SSSR count). The molecule has 0 unspecified atom stereocenters. The number of hydrogen-bond donors (Lipinski definition) is 0. The first kappa shape index (κ1) is 12.7. The van der Waals surface area contributed by atoms with Crippen molar-refractivity contribution < 1.29 is 7.58 Å². The summed E-state index contributed by atoms with van der Waals surface area (Å²) in [5.41, 5.74) is 1.82. The van der Waals surface area contributed by atoms with Crippen LogP contribution in [0.15, 0.2) is 55.3 Å². The Morgan fingerprint density at radius 2 is 2.17 bits per heavy atom. The van der Waals surface area contributed by atoms with E-state index in [0.29, 0.717) is 5.76 Å². The number of para-hydroxylation sites is 1. The van der Waals surface area contributed by atoms with E-state index in [1.165, 1.54) is 0 Å². The SMILES string of the molecule is C=CC(=C)[O][Al][O]c1cccc2ccc(C)nc12. The van der Waals surface area contributed by atoms with Crippen LogP contribution in [0.2, 0.25) is 0 Å². The zero-order valence-corrected chi connectivity index (χ0v) is 11.4. The Balaban J connectivity index is 2.19. The molecule has 0 bridgehead atoms. The van der Waals surface area contributed by atoms with Gasteiger partial charge in [-0.05, 0) is 25.1 Å². The largest absolute Gasteiger partial charge is 0.881 e. The molecular formula is C14H13AlNO2. The Bertz CT molecular complexity index is 595. The Labute approximate surface area is 113 Å². The minimum absolute atomic E-state index is 0.523. The quantitative estimate of drug-likeness (QED) is 0.466. The zero-order valence-electron chi connectivity index (χ0n) is 10.2. The molecule has 0 saturated carbocycles. The van der Waals surface area contributed by atoms with Gasteiger partial charge in [-0.25, -0.2) is 4.98 Å². The Kier molecular flexibility index (Phi) is 4.04. The van der Waals surface area contributed by atoms with E-state index in [1.807, 2.05) is 37.3 Å². The third kappa shape index (κ3) is 2.92. The molecule has 0 amide bonds. The maximum atomic E-state index is 5.64. The summed E-state index contributed by atoms with van der Waals surface area (Å²) in [7, 11) is 0. The van der Waals surface area contributed by atoms with E-state index < -0.39 is 15.9 Å². The van der Waals surface area contributed by atoms with Crippen LogP contribution in [-0.4, -0.2) is 20.9 Å². The average Bonchev–Trinajstić information content (AvgIpc) is 2.39. The predicted molar refractivity (Wildman–Crippen MR) is 73.3 cm³/mol. The summed E-state index contributed by atoms with van der Waals surface area (Å²) < 4.78 is 10.9. The number of aryl methyl sites for hydroxylation is 1. The van der Waals surface area contributed by atoms with Crippen molar-refractivity contribution in [2.45, 2.75) is 6.92 Å². The van der Waals surface area contributed by atoms with Crippen molar-refractivity contribution in [1.82, 2.24) is 4.98 Å². The fourth-order valence-corrected chi connectivity index (χ4v) is 2.06. The third-order valence-electron chi connectivity index (χ3n) is 2.42. The van der Waals surface area contributed by atoms with E-state index in [4.69, 9.17) is 7.58 Å². The van der Waals surface area contributed by atoms with Crippen LogP contribution in [0, 0.1) is 6.92 Å². The molecule has 1 aromatic carbocycles. The highest BCUT2D eigenvalue weighted by Crippen LogP contribution is 2.23. The highest BCUT2D eigenvalue weighted by atomic mass is 27.2. The van der Waals surface area contributed by atoms with Gasteiger partial charge in [0.1, 0.15) is 11.3 Å². The monoisotopic (exact) mass is 254 g/mol. The van der Waals surface area contributed by atoms with E-state index in [0.717, 1.165) is 22.3 Å². The van der Waals surface area contributed by atoms with Crippen molar-refractivity contribution >= 4 is 26.8 Å². The molecule has 1 radical (unpaired) electrons. The number of rotatable bonds is 5. The number of pyridine rings is 1. The van der Waals surface area contributed by atoms with Crippen LogP contribution in [0.1, 0.15) is 5.69 Å². The molecule has 1 aromatic heterocycles. The molecule has 0 spiro atoms. The van der Waals surface area contributed by atoms with E-state index in [9.17, 15) is 0 Å². The maximum absolute atomic E-state index is 5.64. The van der Waals surface area contributed by atoms with Gasteiger partial charge in [0.15, 0.2) is 0 Å². The van der Waals surface area contributed by atoms with E-state index >= 15 is 0 Å². The molecule has 0 aliphatic rings. The van der Waals surface area contributed by atoms with Crippen LogP contribution in [0.4, 0.5) is 0 Å². The summed E-state index contributed by atoms with van der Waals surface area (Å²) in [6, 6.07) is 9.85. The number of hydrogen-bond acceptors (Lipinski definition) is 3. The second-order valence-electron chi connectivity index (χ2n) is 3.78. The van der Waals surface area contributed by atoms with Crippen molar-refractivity contribution in [3.05, 3.63) is 61.0 Å². The standard InChI is InChI=1S/C10H9NO.C4H6O.Al/c1-7-5-6-8-3-2-4-9(12)10(8)11-7;1-3-4(2)5;/h2-6,12H,1H3;3,5H,1-2H2;/q;;+2/p-2. The molecule has 0 atom stereocenters. The third-order valence-corrected chi connectivity index (χ3v) is 3.17. The summed E-state index contributed by atoms with van der Waals surface area (Å²) in [6.45, 7) is 9.19. The van der Waals surface area contributed by atoms with Crippen molar-refractivity contribution in [1.29, 1.82) is 0 Å². The first-order valence-electron chi connectivity index (χ1n) is 5.53. The molecule has 0 saturated heterocycles. The van der Waals surface area contributed by atoms with Crippen molar-refractivity contribution in [3.8, 4) is 5.75 Å². The van der Waals surface area contributed by atoms with Crippen LogP contribution >= 0.6 is 0 Å². The van der Waals surface area contributed by atoms with Crippen molar-refractivity contribution in [2.75, 3.05) is 0 Å². The molecule has 0 fully saturated rings. The van der Waals surface area contributed by atoms with Crippen LogP contribution < -0.4 is 3.79 Å². The molecule has 0 aliphatic carbocycles. The van der Waals surface area contributed by atoms with E-state index in [1.54, 1.807) is 6.08 Å². The lowest BCUT2D eigenvalue weighted by atomic mass is 10.2. The predicted octanol–water partition coefficient (Wildman–Crippen LogP) is 3.17. The van der Waals surface area contributed by atoms with Gasteiger partial charge in [-0.2, -0.15) is 0 Å². The molecular weight excluding hydrogens is 241 g/mol. The van der Waals surface area contributed by atoms with Gasteiger partial charge in [0, 0.05) is 11.1 Å². The van der Waals surface area contributed by atoms with Gasteiger partial charge in [-0.1, -0.05) is 31.4 Å². The summed E-state index contributed by atoms with van der Waals surface area (Å²) in [5.74, 6) is 1.26. The number of aromatic nitrogens is 1. The van der Waals surface area contributed by atoms with Gasteiger partial charge in [-0.15, -0.1) is 0 Å². The topological polar surface area (TPSA) is 31.4 Å².